The van der Waals surface area contributed by atoms with Crippen LogP contribution in [-0.4, -0.2) is 51.2 Å². The van der Waals surface area contributed by atoms with Crippen molar-refractivity contribution in [3.63, 3.8) is 0 Å². The van der Waals surface area contributed by atoms with Gasteiger partial charge in [-0.25, -0.2) is 0 Å². The maximum Gasteiger partial charge on any atom is 0.303 e. The van der Waals surface area contributed by atoms with Crippen molar-refractivity contribution < 1.29 is 23.5 Å². The Morgan fingerprint density at radius 3 is 2.15 bits per heavy atom. The molecule has 1 heterocycles. The number of carbonyl (C=O) groups is 3. The van der Waals surface area contributed by atoms with Crippen LogP contribution in [0.1, 0.15) is 70.3 Å². The molecule has 0 unspecified atom stereocenters. The van der Waals surface area contributed by atoms with Gasteiger partial charge in [0.15, 0.2) is 0 Å². The van der Waals surface area contributed by atoms with Gasteiger partial charge >= 0.3 is 5.97 Å². The smallest absolute Gasteiger partial charge is 0.303 e. The van der Waals surface area contributed by atoms with E-state index >= 15 is 4.79 Å². The highest BCUT2D eigenvalue weighted by molar-refractivity contribution is 6.76. The molecule has 3 aliphatic rings. The lowest BCUT2D eigenvalue weighted by atomic mass is 9.54. The van der Waals surface area contributed by atoms with Crippen LogP contribution < -0.4 is 0 Å². The Bertz CT molecular complexity index is 1800. The molecule has 0 radical (unpaired) electrons. The van der Waals surface area contributed by atoms with E-state index in [2.05, 4.69) is 90.8 Å². The third kappa shape index (κ3) is 8.34. The van der Waals surface area contributed by atoms with Gasteiger partial charge in [0.05, 0.1) is 5.76 Å². The molecule has 1 saturated heterocycles. The van der Waals surface area contributed by atoms with Crippen LogP contribution in [-0.2, 0) is 25.2 Å². The number of benzene rings is 2. The van der Waals surface area contributed by atoms with Crippen LogP contribution in [0.5, 0.6) is 0 Å². The minimum absolute atomic E-state index is 0.0138. The molecular weight excluding hydrogens is 691 g/mol. The number of esters is 1. The molecule has 0 aromatic heterocycles. The van der Waals surface area contributed by atoms with Crippen LogP contribution in [0, 0.1) is 23.2 Å². The maximum atomic E-state index is 15.8. The molecule has 2 amide bonds. The van der Waals surface area contributed by atoms with Crippen LogP contribution in [0.2, 0.25) is 43.8 Å². The quantitative estimate of drug-likeness (QED) is 0.116. The predicted molar refractivity (Wildman–Crippen MR) is 220 cm³/mol. The number of allylic oxidation sites excluding steroid dienone is 7. The molecule has 1 fully saturated rings. The third-order valence-corrected chi connectivity index (χ3v) is 17.8. The van der Waals surface area contributed by atoms with Crippen molar-refractivity contribution in [1.29, 1.82) is 0 Å². The number of rotatable bonds is 8. The third-order valence-electron chi connectivity index (χ3n) is 12.0. The predicted octanol–water partition coefficient (Wildman–Crippen LogP) is 10.5. The van der Waals surface area contributed by atoms with Crippen LogP contribution in [0.25, 0.3) is 0 Å². The largest absolute Gasteiger partial charge is 0.546 e. The summed E-state index contributed by atoms with van der Waals surface area (Å²) in [6, 6.07) is 19.8. The van der Waals surface area contributed by atoms with Gasteiger partial charge in [-0.05, 0) is 79.2 Å². The van der Waals surface area contributed by atoms with Crippen molar-refractivity contribution in [2.24, 2.45) is 23.2 Å². The van der Waals surface area contributed by atoms with E-state index in [1.54, 1.807) is 17.0 Å². The Morgan fingerprint density at radius 2 is 1.57 bits per heavy atom. The van der Waals surface area contributed by atoms with Crippen molar-refractivity contribution in [3.05, 3.63) is 119 Å². The molecule has 2 aromatic rings. The highest BCUT2D eigenvalue weighted by atomic mass is 28.4. The minimum Gasteiger partial charge on any atom is -0.546 e. The van der Waals surface area contributed by atoms with Crippen molar-refractivity contribution in [2.75, 3.05) is 0 Å². The number of likely N-dealkylation sites (tertiary alicyclic amines) is 1. The zero-order valence-electron chi connectivity index (χ0n) is 33.9. The summed E-state index contributed by atoms with van der Waals surface area (Å²) < 4.78 is 13.3. The Balaban J connectivity index is 1.80. The molecule has 0 N–H and O–H groups in total. The maximum absolute atomic E-state index is 15.8. The number of imide groups is 1. The van der Waals surface area contributed by atoms with E-state index < -0.39 is 45.8 Å². The molecule has 0 saturated carbocycles. The second-order valence-corrected chi connectivity index (χ2v) is 28.4. The molecule has 53 heavy (non-hydrogen) atoms. The molecule has 2 aromatic carbocycles. The van der Waals surface area contributed by atoms with Crippen molar-refractivity contribution in [1.82, 2.24) is 4.90 Å². The van der Waals surface area contributed by atoms with E-state index in [9.17, 15) is 9.59 Å². The second kappa shape index (κ2) is 15.5. The monoisotopic (exact) mass is 751 g/mol. The normalized spacial score (nSPS) is 29.3. The summed E-state index contributed by atoms with van der Waals surface area (Å²) in [5, 5.41) is 0.0138. The highest BCUT2D eigenvalue weighted by Crippen LogP contribution is 2.60. The molecule has 5 rings (SSSR count). The van der Waals surface area contributed by atoms with E-state index in [1.165, 1.54) is 12.5 Å². The van der Waals surface area contributed by atoms with Crippen molar-refractivity contribution in [2.45, 2.75) is 117 Å². The lowest BCUT2D eigenvalue weighted by molar-refractivity contribution is -0.160. The van der Waals surface area contributed by atoms with Gasteiger partial charge in [0, 0.05) is 44.9 Å². The first-order valence-corrected chi connectivity index (χ1v) is 26.0. The molecule has 8 heteroatoms. The van der Waals surface area contributed by atoms with Crippen molar-refractivity contribution >= 4 is 34.2 Å². The van der Waals surface area contributed by atoms with E-state index in [-0.39, 0.29) is 28.7 Å². The number of ether oxygens (including phenoxy) is 1. The first-order chi connectivity index (χ1) is 24.8. The highest BCUT2D eigenvalue weighted by Gasteiger charge is 2.69. The molecule has 6 nitrogen and oxygen atoms in total. The van der Waals surface area contributed by atoms with Gasteiger partial charge in [-0.2, -0.15) is 0 Å². The molecule has 2 aliphatic carbocycles. The molecule has 1 aliphatic heterocycles. The number of amides is 2. The molecule has 6 atom stereocenters. The van der Waals surface area contributed by atoms with Crippen LogP contribution >= 0.6 is 0 Å². The molecule has 284 valence electrons. The number of hydrogen-bond donors (Lipinski definition) is 0. The fourth-order valence-electron chi connectivity index (χ4n) is 8.47. The van der Waals surface area contributed by atoms with E-state index in [4.69, 9.17) is 9.16 Å². The van der Waals surface area contributed by atoms with Gasteiger partial charge in [-0.1, -0.05) is 126 Å². The number of nitrogens with zero attached hydrogens (tertiary/aromatic N) is 1. The van der Waals surface area contributed by atoms with Gasteiger partial charge in [0.25, 0.3) is 5.91 Å². The fourth-order valence-corrected chi connectivity index (χ4v) is 11.3. The average molecular weight is 752 g/mol. The van der Waals surface area contributed by atoms with E-state index in [0.717, 1.165) is 29.4 Å². The lowest BCUT2D eigenvalue weighted by Crippen LogP contribution is -2.55. The zero-order chi connectivity index (χ0) is 38.9. The van der Waals surface area contributed by atoms with E-state index in [0.29, 0.717) is 18.4 Å². The summed E-state index contributed by atoms with van der Waals surface area (Å²) >= 11 is 0. The summed E-state index contributed by atoms with van der Waals surface area (Å²) in [4.78, 5) is 45.3. The van der Waals surface area contributed by atoms with Crippen LogP contribution in [0.4, 0.5) is 0 Å². The zero-order valence-corrected chi connectivity index (χ0v) is 35.9. The summed E-state index contributed by atoms with van der Waals surface area (Å²) in [5.74, 6) is -0.929. The van der Waals surface area contributed by atoms with Crippen LogP contribution in [0.15, 0.2) is 108 Å². The van der Waals surface area contributed by atoms with Gasteiger partial charge < -0.3 is 9.16 Å². The Morgan fingerprint density at radius 1 is 0.943 bits per heavy atom. The summed E-state index contributed by atoms with van der Waals surface area (Å²) in [6.45, 7) is 24.1. The molecule has 1 spiro atoms. The van der Waals surface area contributed by atoms with Crippen molar-refractivity contribution in [3.8, 4) is 0 Å². The van der Waals surface area contributed by atoms with Gasteiger partial charge in [-0.3, -0.25) is 19.3 Å². The number of hydrogen-bond acceptors (Lipinski definition) is 5. The SMILES string of the molecule is CC(=O)O[C@H]1/C=C/C(C)=C(/O[Si](C)(C)C(C)(C)C)CC/C=C/[C@H]2C=C(C[Si](C)(C)C)[C@@H](C)[C@H]3[C@H](Cc4ccccc4)N(C(=O)c4ccccc4)C(=O)[C@]321. The van der Waals surface area contributed by atoms with Crippen LogP contribution in [0.3, 0.4) is 0 Å². The first-order valence-electron chi connectivity index (χ1n) is 19.4. The van der Waals surface area contributed by atoms with Gasteiger partial charge in [-0.15, -0.1) is 0 Å². The summed E-state index contributed by atoms with van der Waals surface area (Å²) in [6.07, 6.45) is 11.6. The Labute approximate surface area is 320 Å². The minimum atomic E-state index is -2.17. The summed E-state index contributed by atoms with van der Waals surface area (Å²) in [5.41, 5.74) is 2.53. The Kier molecular flexibility index (Phi) is 11.9. The first kappa shape index (κ1) is 40.4. The topological polar surface area (TPSA) is 72.9 Å². The molecular formula is C45H61NO5Si2. The molecule has 0 bridgehead atoms. The standard InChI is InChI=1S/C45H61NO5Si2/c1-31-26-27-40(50-33(3)47)45-37(24-18-19-25-39(31)51-53(10,11)44(4,5)6)29-36(30-52(7,8)9)32(2)41(45)38(28-34-20-14-12-15-21-34)46(43(45)49)42(48)35-22-16-13-17-23-35/h12-18,20-24,26-27,29,32,37-38,40-41H,19,25,28,30H2,1-11H3/b24-18+,27-26+,39-31+/t32-,37+,38+,40+,41+,45-/m1/s1. The van der Waals surface area contributed by atoms with Gasteiger partial charge in [0.1, 0.15) is 11.5 Å². The fraction of sp³-hybridized carbons (Fsp3) is 0.489. The van der Waals surface area contributed by atoms with E-state index in [1.807, 2.05) is 55.5 Å². The lowest BCUT2D eigenvalue weighted by Gasteiger charge is -2.49. The summed E-state index contributed by atoms with van der Waals surface area (Å²) in [7, 11) is -3.79. The second-order valence-electron chi connectivity index (χ2n) is 18.2. The Hall–Kier alpha value is -3.76. The average Bonchev–Trinajstić information content (AvgIpc) is 3.32. The van der Waals surface area contributed by atoms with Gasteiger partial charge in [0.2, 0.25) is 14.2 Å². The number of carbonyl (C=O) groups excluding carboxylic acids is 3.